The number of ketones is 2. The van der Waals surface area contributed by atoms with Crippen LogP contribution in [-0.2, 0) is 9.59 Å². The van der Waals surface area contributed by atoms with Gasteiger partial charge in [-0.25, -0.2) is 0 Å². The molecule has 0 saturated carbocycles. The number of amides is 1. The van der Waals surface area contributed by atoms with Gasteiger partial charge in [-0.1, -0.05) is 12.1 Å². The molecule has 16 heavy (non-hydrogen) atoms. The molecule has 0 aliphatic carbocycles. The molecule has 1 aliphatic rings. The van der Waals surface area contributed by atoms with Crippen molar-refractivity contribution in [3.63, 3.8) is 0 Å². The maximum absolute atomic E-state index is 11.7. The molecule has 82 valence electrons. The highest BCUT2D eigenvalue weighted by molar-refractivity contribution is 6.52. The van der Waals surface area contributed by atoms with Crippen molar-refractivity contribution in [1.29, 1.82) is 0 Å². The third kappa shape index (κ3) is 1.43. The van der Waals surface area contributed by atoms with E-state index in [1.54, 1.807) is 12.1 Å². The van der Waals surface area contributed by atoms with Crippen LogP contribution in [0.2, 0.25) is 0 Å². The molecule has 2 rings (SSSR count). The molecule has 1 aromatic rings. The maximum Gasteiger partial charge on any atom is 0.299 e. The minimum absolute atomic E-state index is 0.0393. The van der Waals surface area contributed by atoms with E-state index in [1.165, 1.54) is 11.8 Å². The summed E-state index contributed by atoms with van der Waals surface area (Å²) >= 11 is 0. The van der Waals surface area contributed by atoms with E-state index in [-0.39, 0.29) is 12.3 Å². The molecule has 0 radical (unpaired) electrons. The Morgan fingerprint density at radius 3 is 2.62 bits per heavy atom. The molecule has 1 aromatic carbocycles. The van der Waals surface area contributed by atoms with Crippen LogP contribution >= 0.6 is 0 Å². The highest BCUT2D eigenvalue weighted by Crippen LogP contribution is 2.31. The van der Waals surface area contributed by atoms with Crippen molar-refractivity contribution in [2.45, 2.75) is 13.8 Å². The Bertz CT molecular complexity index is 505. The second-order valence-electron chi connectivity index (χ2n) is 3.89. The summed E-state index contributed by atoms with van der Waals surface area (Å²) in [5, 5.41) is 0. The monoisotopic (exact) mass is 217 g/mol. The molecule has 0 fully saturated rings. The average Bonchev–Trinajstić information content (AvgIpc) is 2.45. The predicted molar refractivity (Wildman–Crippen MR) is 58.5 cm³/mol. The van der Waals surface area contributed by atoms with Gasteiger partial charge in [-0.2, -0.15) is 0 Å². The van der Waals surface area contributed by atoms with E-state index >= 15 is 0 Å². The Balaban J connectivity index is 2.56. The van der Waals surface area contributed by atoms with Gasteiger partial charge in [-0.05, 0) is 25.5 Å². The summed E-state index contributed by atoms with van der Waals surface area (Å²) in [6.07, 6.45) is 0. The fourth-order valence-electron chi connectivity index (χ4n) is 1.91. The zero-order chi connectivity index (χ0) is 11.9. The van der Waals surface area contributed by atoms with Crippen LogP contribution in [0.3, 0.4) is 0 Å². The third-order valence-electron chi connectivity index (χ3n) is 2.57. The third-order valence-corrected chi connectivity index (χ3v) is 2.57. The largest absolute Gasteiger partial charge is 0.299 e. The quantitative estimate of drug-likeness (QED) is 0.697. The molecule has 0 aromatic heterocycles. The highest BCUT2D eigenvalue weighted by atomic mass is 16.2. The molecule has 0 bridgehead atoms. The van der Waals surface area contributed by atoms with Crippen molar-refractivity contribution in [3.8, 4) is 0 Å². The Morgan fingerprint density at radius 1 is 1.31 bits per heavy atom. The van der Waals surface area contributed by atoms with E-state index in [4.69, 9.17) is 0 Å². The number of anilines is 1. The zero-order valence-corrected chi connectivity index (χ0v) is 9.11. The predicted octanol–water partition coefficient (Wildman–Crippen LogP) is 1.11. The van der Waals surface area contributed by atoms with Gasteiger partial charge in [0.05, 0.1) is 17.8 Å². The first-order valence-corrected chi connectivity index (χ1v) is 4.97. The van der Waals surface area contributed by atoms with Gasteiger partial charge >= 0.3 is 0 Å². The van der Waals surface area contributed by atoms with Gasteiger partial charge in [0.1, 0.15) is 5.78 Å². The highest BCUT2D eigenvalue weighted by Gasteiger charge is 2.36. The Kier molecular flexibility index (Phi) is 2.34. The zero-order valence-electron chi connectivity index (χ0n) is 9.11. The topological polar surface area (TPSA) is 54.5 Å². The van der Waals surface area contributed by atoms with Crippen LogP contribution in [0.4, 0.5) is 5.69 Å². The van der Waals surface area contributed by atoms with E-state index in [0.717, 1.165) is 5.56 Å². The number of benzene rings is 1. The lowest BCUT2D eigenvalue weighted by Gasteiger charge is -2.16. The fraction of sp³-hybridized carbons (Fsp3) is 0.250. The molecule has 1 aliphatic heterocycles. The Labute approximate surface area is 92.9 Å². The number of aryl methyl sites for hydroxylation is 1. The summed E-state index contributed by atoms with van der Waals surface area (Å²) in [4.78, 5) is 35.6. The summed E-state index contributed by atoms with van der Waals surface area (Å²) in [7, 11) is 0. The first-order valence-electron chi connectivity index (χ1n) is 4.97. The number of hydrogen-bond acceptors (Lipinski definition) is 3. The average molecular weight is 217 g/mol. The van der Waals surface area contributed by atoms with Crippen molar-refractivity contribution in [1.82, 2.24) is 0 Å². The number of carbonyl (C=O) groups is 3. The van der Waals surface area contributed by atoms with Crippen LogP contribution < -0.4 is 4.90 Å². The van der Waals surface area contributed by atoms with Crippen LogP contribution in [0.25, 0.3) is 0 Å². The van der Waals surface area contributed by atoms with Gasteiger partial charge in [0.15, 0.2) is 0 Å². The lowest BCUT2D eigenvalue weighted by atomic mass is 10.1. The Hall–Kier alpha value is -1.97. The van der Waals surface area contributed by atoms with Crippen molar-refractivity contribution in [3.05, 3.63) is 29.3 Å². The molecule has 0 saturated heterocycles. The number of para-hydroxylation sites is 1. The molecular weight excluding hydrogens is 206 g/mol. The van der Waals surface area contributed by atoms with Gasteiger partial charge in [0.25, 0.3) is 11.7 Å². The molecule has 0 atom stereocenters. The van der Waals surface area contributed by atoms with Crippen LogP contribution in [0, 0.1) is 6.92 Å². The first-order chi connectivity index (χ1) is 7.52. The van der Waals surface area contributed by atoms with Crippen molar-refractivity contribution in [2.24, 2.45) is 0 Å². The van der Waals surface area contributed by atoms with Crippen molar-refractivity contribution < 1.29 is 14.4 Å². The maximum atomic E-state index is 11.7. The second kappa shape index (κ2) is 3.56. The molecular formula is C12H11NO3. The lowest BCUT2D eigenvalue weighted by molar-refractivity contribution is -0.119. The van der Waals surface area contributed by atoms with E-state index < -0.39 is 11.7 Å². The van der Waals surface area contributed by atoms with Crippen LogP contribution in [0.1, 0.15) is 22.8 Å². The normalized spacial score (nSPS) is 14.2. The van der Waals surface area contributed by atoms with Gasteiger partial charge < -0.3 is 0 Å². The summed E-state index contributed by atoms with van der Waals surface area (Å²) in [6.45, 7) is 3.17. The summed E-state index contributed by atoms with van der Waals surface area (Å²) < 4.78 is 0. The number of Topliss-reactive ketones (excluding diaryl/α,β-unsaturated/α-hetero) is 2. The fourth-order valence-corrected chi connectivity index (χ4v) is 1.91. The first kappa shape index (κ1) is 10.5. The summed E-state index contributed by atoms with van der Waals surface area (Å²) in [5.74, 6) is -1.28. The number of hydrogen-bond donors (Lipinski definition) is 0. The summed E-state index contributed by atoms with van der Waals surface area (Å²) in [6, 6.07) is 5.16. The minimum Gasteiger partial charge on any atom is -0.298 e. The van der Waals surface area contributed by atoms with E-state index in [9.17, 15) is 14.4 Å². The van der Waals surface area contributed by atoms with Crippen LogP contribution in [0.15, 0.2) is 18.2 Å². The van der Waals surface area contributed by atoms with Crippen molar-refractivity contribution >= 4 is 23.2 Å². The van der Waals surface area contributed by atoms with Crippen molar-refractivity contribution in [2.75, 3.05) is 11.4 Å². The van der Waals surface area contributed by atoms with E-state index in [0.29, 0.717) is 11.3 Å². The van der Waals surface area contributed by atoms with E-state index in [2.05, 4.69) is 0 Å². The summed E-state index contributed by atoms with van der Waals surface area (Å²) in [5.41, 5.74) is 1.80. The number of nitrogens with zero attached hydrogens (tertiary/aromatic N) is 1. The molecule has 4 heteroatoms. The lowest BCUT2D eigenvalue weighted by Crippen LogP contribution is -2.34. The second-order valence-corrected chi connectivity index (χ2v) is 3.89. The van der Waals surface area contributed by atoms with E-state index in [1.807, 2.05) is 13.0 Å². The molecule has 0 spiro atoms. The molecule has 0 N–H and O–H groups in total. The molecule has 1 amide bonds. The number of fused-ring (bicyclic) bond motifs is 1. The van der Waals surface area contributed by atoms with Crippen LogP contribution in [0.5, 0.6) is 0 Å². The minimum atomic E-state index is -0.612. The van der Waals surface area contributed by atoms with Gasteiger partial charge in [0.2, 0.25) is 0 Å². The SMILES string of the molecule is CC(=O)CN1C(=O)C(=O)c2cccc(C)c21. The van der Waals surface area contributed by atoms with Gasteiger partial charge in [0, 0.05) is 0 Å². The Morgan fingerprint density at radius 2 is 2.00 bits per heavy atom. The van der Waals surface area contributed by atoms with Crippen LogP contribution in [-0.4, -0.2) is 24.0 Å². The number of rotatable bonds is 2. The number of carbonyl (C=O) groups excluding carboxylic acids is 3. The molecule has 4 nitrogen and oxygen atoms in total. The standard InChI is InChI=1S/C12H11NO3/c1-7-4-3-5-9-10(7)13(6-8(2)14)12(16)11(9)15/h3-5H,6H2,1-2H3. The smallest absolute Gasteiger partial charge is 0.298 e. The van der Waals surface area contributed by atoms with Gasteiger partial charge in [-0.3, -0.25) is 19.3 Å². The molecule has 1 heterocycles. The van der Waals surface area contributed by atoms with Gasteiger partial charge in [-0.15, -0.1) is 0 Å². The molecule has 0 unspecified atom stereocenters.